The van der Waals surface area contributed by atoms with Gasteiger partial charge in [-0.05, 0) is 12.5 Å². The third-order valence-corrected chi connectivity index (χ3v) is 3.19. The monoisotopic (exact) mass is 298 g/mol. The normalized spacial score (nSPS) is 10.8. The second-order valence-corrected chi connectivity index (χ2v) is 4.60. The van der Waals surface area contributed by atoms with Crippen LogP contribution in [0.15, 0.2) is 47.5 Å². The van der Waals surface area contributed by atoms with Crippen molar-refractivity contribution in [1.29, 1.82) is 0 Å². The fraction of sp³-hybridized carbons (Fsp3) is 0.200. The first-order valence-electron chi connectivity index (χ1n) is 6.85. The molecule has 1 aromatic carbocycles. The Morgan fingerprint density at radius 2 is 2.05 bits per heavy atom. The summed E-state index contributed by atoms with van der Waals surface area (Å²) in [4.78, 5) is 28.1. The predicted octanol–water partition coefficient (Wildman–Crippen LogP) is 1.12. The highest BCUT2D eigenvalue weighted by Gasteiger charge is 2.15. The molecule has 7 nitrogen and oxygen atoms in total. The topological polar surface area (TPSA) is 78.5 Å². The standard InChI is InChI=1S/C15H14N4O3/c1-2-22-14(21)9-18-12(11-6-4-3-5-7-11)8-13(20)19-15(18)16-10-17-19/h3-8,10H,2,9H2,1H3. The Morgan fingerprint density at radius 3 is 2.77 bits per heavy atom. The van der Waals surface area contributed by atoms with Crippen molar-refractivity contribution in [2.24, 2.45) is 0 Å². The van der Waals surface area contributed by atoms with Gasteiger partial charge in [-0.1, -0.05) is 30.3 Å². The summed E-state index contributed by atoms with van der Waals surface area (Å²) in [5, 5.41) is 3.89. The summed E-state index contributed by atoms with van der Waals surface area (Å²) >= 11 is 0. The SMILES string of the molecule is CCOC(=O)Cn1c(-c2ccccc2)cc(=O)n2ncnc12. The second kappa shape index (κ2) is 5.80. The van der Waals surface area contributed by atoms with Gasteiger partial charge in [0.1, 0.15) is 12.9 Å². The number of esters is 1. The molecule has 0 N–H and O–H groups in total. The molecule has 0 unspecified atom stereocenters. The molecular weight excluding hydrogens is 284 g/mol. The summed E-state index contributed by atoms with van der Waals surface area (Å²) in [7, 11) is 0. The van der Waals surface area contributed by atoms with Gasteiger partial charge in [-0.25, -0.2) is 0 Å². The zero-order chi connectivity index (χ0) is 15.5. The summed E-state index contributed by atoms with van der Waals surface area (Å²) in [5.41, 5.74) is 1.11. The summed E-state index contributed by atoms with van der Waals surface area (Å²) in [5.74, 6) is -0.0902. The molecule has 2 aromatic heterocycles. The lowest BCUT2D eigenvalue weighted by Crippen LogP contribution is -2.23. The van der Waals surface area contributed by atoms with E-state index in [9.17, 15) is 9.59 Å². The average molecular weight is 298 g/mol. The van der Waals surface area contributed by atoms with Crippen LogP contribution in [0.2, 0.25) is 0 Å². The number of nitrogens with zero attached hydrogens (tertiary/aromatic N) is 4. The maximum absolute atomic E-state index is 12.1. The summed E-state index contributed by atoms with van der Waals surface area (Å²) in [6, 6.07) is 10.8. The molecule has 0 fully saturated rings. The molecule has 3 aromatic rings. The lowest BCUT2D eigenvalue weighted by Gasteiger charge is -2.13. The first-order valence-corrected chi connectivity index (χ1v) is 6.85. The number of aromatic nitrogens is 4. The fourth-order valence-electron chi connectivity index (χ4n) is 2.28. The van der Waals surface area contributed by atoms with Crippen molar-refractivity contribution < 1.29 is 9.53 Å². The van der Waals surface area contributed by atoms with E-state index in [-0.39, 0.29) is 12.1 Å². The van der Waals surface area contributed by atoms with Gasteiger partial charge < -0.3 is 4.74 Å². The van der Waals surface area contributed by atoms with Gasteiger partial charge in [-0.3, -0.25) is 14.2 Å². The van der Waals surface area contributed by atoms with Crippen molar-refractivity contribution >= 4 is 11.7 Å². The van der Waals surface area contributed by atoms with Crippen LogP contribution in [0.1, 0.15) is 6.92 Å². The van der Waals surface area contributed by atoms with Crippen LogP contribution < -0.4 is 5.56 Å². The highest BCUT2D eigenvalue weighted by molar-refractivity contribution is 5.72. The maximum Gasteiger partial charge on any atom is 0.326 e. The van der Waals surface area contributed by atoms with Crippen LogP contribution in [0, 0.1) is 0 Å². The molecular formula is C15H14N4O3. The second-order valence-electron chi connectivity index (χ2n) is 4.60. The molecule has 0 bridgehead atoms. The smallest absolute Gasteiger partial charge is 0.326 e. The lowest BCUT2D eigenvalue weighted by atomic mass is 10.1. The third kappa shape index (κ3) is 2.48. The Hall–Kier alpha value is -2.96. The molecule has 0 spiro atoms. The van der Waals surface area contributed by atoms with Gasteiger partial charge in [-0.15, -0.1) is 0 Å². The number of carbonyl (C=O) groups excluding carboxylic acids is 1. The Balaban J connectivity index is 2.21. The van der Waals surface area contributed by atoms with Gasteiger partial charge in [0.05, 0.1) is 12.3 Å². The first-order chi connectivity index (χ1) is 10.7. The largest absolute Gasteiger partial charge is 0.465 e. The van der Waals surface area contributed by atoms with Crippen LogP contribution in [0.25, 0.3) is 17.0 Å². The zero-order valence-corrected chi connectivity index (χ0v) is 12.0. The van der Waals surface area contributed by atoms with E-state index in [2.05, 4.69) is 10.1 Å². The highest BCUT2D eigenvalue weighted by Crippen LogP contribution is 2.19. The van der Waals surface area contributed by atoms with Crippen LogP contribution in [-0.2, 0) is 16.1 Å². The van der Waals surface area contributed by atoms with Crippen LogP contribution >= 0.6 is 0 Å². The van der Waals surface area contributed by atoms with Crippen molar-refractivity contribution in [2.75, 3.05) is 6.61 Å². The van der Waals surface area contributed by atoms with E-state index in [1.54, 1.807) is 11.5 Å². The van der Waals surface area contributed by atoms with E-state index >= 15 is 0 Å². The lowest BCUT2D eigenvalue weighted by molar-refractivity contribution is -0.143. The molecule has 0 aliphatic carbocycles. The molecule has 112 valence electrons. The van der Waals surface area contributed by atoms with Gasteiger partial charge in [0.25, 0.3) is 5.56 Å². The molecule has 0 aliphatic heterocycles. The number of rotatable bonds is 4. The van der Waals surface area contributed by atoms with Crippen molar-refractivity contribution in [1.82, 2.24) is 19.2 Å². The van der Waals surface area contributed by atoms with Crippen molar-refractivity contribution in [3.63, 3.8) is 0 Å². The molecule has 3 rings (SSSR count). The summed E-state index contributed by atoms with van der Waals surface area (Å²) in [6.45, 7) is 2.00. The van der Waals surface area contributed by atoms with Crippen LogP contribution in [0.3, 0.4) is 0 Å². The van der Waals surface area contributed by atoms with Gasteiger partial charge in [0, 0.05) is 6.07 Å². The molecule has 0 radical (unpaired) electrons. The fourth-order valence-corrected chi connectivity index (χ4v) is 2.28. The third-order valence-electron chi connectivity index (χ3n) is 3.19. The highest BCUT2D eigenvalue weighted by atomic mass is 16.5. The van der Waals surface area contributed by atoms with Crippen molar-refractivity contribution in [2.45, 2.75) is 13.5 Å². The number of hydrogen-bond acceptors (Lipinski definition) is 5. The van der Waals surface area contributed by atoms with E-state index < -0.39 is 5.97 Å². The van der Waals surface area contributed by atoms with Crippen LogP contribution in [0.5, 0.6) is 0 Å². The quantitative estimate of drug-likeness (QED) is 0.674. The number of fused-ring (bicyclic) bond motifs is 1. The molecule has 0 saturated heterocycles. The molecule has 0 saturated carbocycles. The minimum atomic E-state index is -0.395. The van der Waals surface area contributed by atoms with E-state index in [1.807, 2.05) is 30.3 Å². The Labute approximate surface area is 125 Å². The van der Waals surface area contributed by atoms with Crippen LogP contribution in [-0.4, -0.2) is 31.7 Å². The molecule has 0 atom stereocenters. The van der Waals surface area contributed by atoms with Gasteiger partial charge in [0.2, 0.25) is 5.78 Å². The number of benzene rings is 1. The Morgan fingerprint density at radius 1 is 1.27 bits per heavy atom. The zero-order valence-electron chi connectivity index (χ0n) is 12.0. The Bertz CT molecular complexity index is 867. The number of carbonyl (C=O) groups is 1. The number of ether oxygens (including phenoxy) is 1. The summed E-state index contributed by atoms with van der Waals surface area (Å²) < 4.78 is 7.78. The predicted molar refractivity (Wildman–Crippen MR) is 79.3 cm³/mol. The Kier molecular flexibility index (Phi) is 3.69. The van der Waals surface area contributed by atoms with E-state index in [4.69, 9.17) is 4.74 Å². The minimum Gasteiger partial charge on any atom is -0.465 e. The van der Waals surface area contributed by atoms with E-state index in [0.29, 0.717) is 18.1 Å². The average Bonchev–Trinajstić information content (AvgIpc) is 3.01. The molecule has 2 heterocycles. The van der Waals surface area contributed by atoms with E-state index in [1.165, 1.54) is 12.4 Å². The van der Waals surface area contributed by atoms with Crippen molar-refractivity contribution in [3.8, 4) is 11.3 Å². The van der Waals surface area contributed by atoms with Gasteiger partial charge >= 0.3 is 5.97 Å². The molecule has 0 amide bonds. The molecule has 7 heteroatoms. The summed E-state index contributed by atoms with van der Waals surface area (Å²) in [6.07, 6.45) is 1.28. The van der Waals surface area contributed by atoms with Crippen LogP contribution in [0.4, 0.5) is 0 Å². The first kappa shape index (κ1) is 14.0. The molecule has 0 aliphatic rings. The van der Waals surface area contributed by atoms with E-state index in [0.717, 1.165) is 10.1 Å². The maximum atomic E-state index is 12.1. The van der Waals surface area contributed by atoms with Gasteiger partial charge in [0.15, 0.2) is 0 Å². The molecule has 22 heavy (non-hydrogen) atoms. The minimum absolute atomic E-state index is 0.0411. The van der Waals surface area contributed by atoms with Gasteiger partial charge in [-0.2, -0.15) is 14.6 Å². The number of hydrogen-bond donors (Lipinski definition) is 0. The van der Waals surface area contributed by atoms with Crippen molar-refractivity contribution in [3.05, 3.63) is 53.1 Å².